The van der Waals surface area contributed by atoms with Crippen LogP contribution in [-0.2, 0) is 6.42 Å². The Balaban J connectivity index is 2.06. The van der Waals surface area contributed by atoms with Crippen LogP contribution < -0.4 is 17.2 Å². The summed E-state index contributed by atoms with van der Waals surface area (Å²) in [5, 5.41) is 8.49. The van der Waals surface area contributed by atoms with E-state index >= 15 is 0 Å². The number of likely N-dealkylation sites (tertiary alicyclic amines) is 1. The highest BCUT2D eigenvalue weighted by molar-refractivity contribution is 5.91. The summed E-state index contributed by atoms with van der Waals surface area (Å²) < 4.78 is 1.20. The van der Waals surface area contributed by atoms with E-state index in [0.29, 0.717) is 11.8 Å². The Morgan fingerprint density at radius 1 is 1.06 bits per heavy atom. The second kappa shape index (κ2) is 14.2. The Labute approximate surface area is 201 Å². The third-order valence-electron chi connectivity index (χ3n) is 7.36. The Kier molecular flexibility index (Phi) is 11.7. The Morgan fingerprint density at radius 3 is 2.30 bits per heavy atom. The summed E-state index contributed by atoms with van der Waals surface area (Å²) in [4.78, 5) is 6.12. The van der Waals surface area contributed by atoms with Gasteiger partial charge in [-0.05, 0) is 50.0 Å². The topological polar surface area (TPSA) is 118 Å². The molecule has 0 amide bonds. The van der Waals surface area contributed by atoms with Crippen LogP contribution in [-0.4, -0.2) is 67.1 Å². The molecule has 1 aromatic carbocycles. The van der Waals surface area contributed by atoms with E-state index in [9.17, 15) is 0 Å². The van der Waals surface area contributed by atoms with Crippen molar-refractivity contribution in [2.45, 2.75) is 58.8 Å². The average Bonchev–Trinajstić information content (AvgIpc) is 2.81. The zero-order chi connectivity index (χ0) is 24.1. The second-order valence-electron chi connectivity index (χ2n) is 9.87. The summed E-state index contributed by atoms with van der Waals surface area (Å²) in [6.45, 7) is 11.8. The van der Waals surface area contributed by atoms with Gasteiger partial charge in [-0.25, -0.2) is 0 Å². The van der Waals surface area contributed by atoms with Crippen molar-refractivity contribution in [2.24, 2.45) is 34.0 Å². The molecular weight excluding hydrogens is 410 g/mol. The maximum atomic E-state index is 8.49. The quantitative estimate of drug-likeness (QED) is 0.206. The summed E-state index contributed by atoms with van der Waals surface area (Å²) in [6.07, 6.45) is 8.35. The van der Waals surface area contributed by atoms with Crippen molar-refractivity contribution in [3.8, 4) is 0 Å². The number of hydrogen-bond acceptors (Lipinski definition) is 2. The minimum Gasteiger partial charge on any atom is -0.370 e. The fourth-order valence-corrected chi connectivity index (χ4v) is 5.41. The van der Waals surface area contributed by atoms with Gasteiger partial charge >= 0.3 is 0 Å². The fraction of sp³-hybridized carbons (Fsp3) is 0.692. The van der Waals surface area contributed by atoms with Gasteiger partial charge in [0, 0.05) is 25.6 Å². The van der Waals surface area contributed by atoms with Crippen LogP contribution in [0.1, 0.15) is 57.9 Å². The molecule has 186 valence electrons. The van der Waals surface area contributed by atoms with E-state index in [0.717, 1.165) is 39.0 Å². The van der Waals surface area contributed by atoms with E-state index in [2.05, 4.69) is 48.0 Å². The molecule has 0 aromatic heterocycles. The number of quaternary nitrogens is 1. The molecule has 7 N–H and O–H groups in total. The van der Waals surface area contributed by atoms with E-state index in [4.69, 9.17) is 22.6 Å². The van der Waals surface area contributed by atoms with Crippen molar-refractivity contribution < 1.29 is 4.48 Å². The molecule has 2 unspecified atom stereocenters. The molecule has 0 aliphatic carbocycles. The number of benzene rings is 1. The highest BCUT2D eigenvalue weighted by atomic mass is 15.4. The lowest BCUT2D eigenvalue weighted by molar-refractivity contribution is -0.934. The first-order valence-corrected chi connectivity index (χ1v) is 12.9. The van der Waals surface area contributed by atoms with Crippen LogP contribution in [0.5, 0.6) is 0 Å². The number of piperidine rings is 1. The largest absolute Gasteiger partial charge is 0.370 e. The van der Waals surface area contributed by atoms with Gasteiger partial charge in [0.25, 0.3) is 0 Å². The smallest absolute Gasteiger partial charge is 0.221 e. The third kappa shape index (κ3) is 9.33. The molecule has 33 heavy (non-hydrogen) atoms. The second-order valence-corrected chi connectivity index (χ2v) is 9.87. The van der Waals surface area contributed by atoms with Crippen LogP contribution in [0.3, 0.4) is 0 Å². The van der Waals surface area contributed by atoms with Crippen LogP contribution in [0.2, 0.25) is 0 Å². The van der Waals surface area contributed by atoms with Gasteiger partial charge in [0.1, 0.15) is 0 Å². The van der Waals surface area contributed by atoms with E-state index in [1.54, 1.807) is 0 Å². The molecular formula is C26H48N7+. The standard InChI is InChI=1S/C26H48N7/c1-3-22(19-23(4-2)21-33(18-14-27)16-9-6-10-17-33)20-32(26(30)31-25(28)29)15-13-24-11-7-5-8-12-24/h5,7-8,11-12,22-23H,3-4,6,9-10,13-21,27H2,1-2H3,(H5,28,29,30,31)/q+1. The van der Waals surface area contributed by atoms with Gasteiger partial charge in [0.15, 0.2) is 5.96 Å². The molecule has 1 aliphatic rings. The first kappa shape index (κ1) is 27.1. The molecule has 0 saturated carbocycles. The van der Waals surface area contributed by atoms with Crippen molar-refractivity contribution in [1.82, 2.24) is 4.90 Å². The third-order valence-corrected chi connectivity index (χ3v) is 7.36. The number of aliphatic imine (C=N–C) groups is 1. The highest BCUT2D eigenvalue weighted by Crippen LogP contribution is 2.27. The predicted octanol–water partition coefficient (Wildman–Crippen LogP) is 3.14. The van der Waals surface area contributed by atoms with Gasteiger partial charge in [0.05, 0.1) is 26.2 Å². The zero-order valence-corrected chi connectivity index (χ0v) is 21.0. The van der Waals surface area contributed by atoms with Crippen molar-refractivity contribution >= 4 is 11.9 Å². The fourth-order valence-electron chi connectivity index (χ4n) is 5.41. The van der Waals surface area contributed by atoms with E-state index < -0.39 is 0 Å². The maximum Gasteiger partial charge on any atom is 0.221 e. The monoisotopic (exact) mass is 458 g/mol. The molecule has 0 spiro atoms. The molecule has 7 heteroatoms. The van der Waals surface area contributed by atoms with Gasteiger partial charge in [-0.3, -0.25) is 5.41 Å². The molecule has 7 nitrogen and oxygen atoms in total. The average molecular weight is 459 g/mol. The summed E-state index contributed by atoms with van der Waals surface area (Å²) in [5.74, 6) is 1.29. The lowest BCUT2D eigenvalue weighted by Crippen LogP contribution is -2.56. The van der Waals surface area contributed by atoms with E-state index in [-0.39, 0.29) is 11.9 Å². The highest BCUT2D eigenvalue weighted by Gasteiger charge is 2.32. The minimum absolute atomic E-state index is 0.0532. The number of nitrogens with two attached hydrogens (primary N) is 3. The van der Waals surface area contributed by atoms with Gasteiger partial charge in [-0.1, -0.05) is 50.6 Å². The van der Waals surface area contributed by atoms with Gasteiger partial charge in [0.2, 0.25) is 5.96 Å². The molecule has 0 bridgehead atoms. The summed E-state index contributed by atoms with van der Waals surface area (Å²) in [7, 11) is 0. The first-order valence-electron chi connectivity index (χ1n) is 12.9. The lowest BCUT2D eigenvalue weighted by Gasteiger charge is -2.44. The van der Waals surface area contributed by atoms with Crippen molar-refractivity contribution in [3.05, 3.63) is 35.9 Å². The van der Waals surface area contributed by atoms with Crippen molar-refractivity contribution in [3.63, 3.8) is 0 Å². The summed E-state index contributed by atoms with van der Waals surface area (Å²) >= 11 is 0. The van der Waals surface area contributed by atoms with Gasteiger partial charge < -0.3 is 26.6 Å². The van der Waals surface area contributed by atoms with Crippen LogP contribution in [0.4, 0.5) is 0 Å². The predicted molar refractivity (Wildman–Crippen MR) is 140 cm³/mol. The molecule has 1 aromatic rings. The molecule has 2 rings (SSSR count). The summed E-state index contributed by atoms with van der Waals surface area (Å²) in [5.41, 5.74) is 18.5. The zero-order valence-electron chi connectivity index (χ0n) is 21.0. The molecule has 1 fully saturated rings. The Bertz CT molecular complexity index is 703. The summed E-state index contributed by atoms with van der Waals surface area (Å²) in [6, 6.07) is 10.4. The SMILES string of the molecule is CCC(CC(CC)C[N+]1(CCN)CCCCC1)CN(CCc1ccccc1)C(=N)N=C(N)N. The van der Waals surface area contributed by atoms with Crippen LogP contribution in [0, 0.1) is 17.2 Å². The number of rotatable bonds is 13. The molecule has 1 aliphatic heterocycles. The van der Waals surface area contributed by atoms with Crippen LogP contribution in [0.25, 0.3) is 0 Å². The Morgan fingerprint density at radius 2 is 1.73 bits per heavy atom. The van der Waals surface area contributed by atoms with E-state index in [1.807, 2.05) is 6.07 Å². The van der Waals surface area contributed by atoms with Gasteiger partial charge in [-0.15, -0.1) is 0 Å². The van der Waals surface area contributed by atoms with Gasteiger partial charge in [-0.2, -0.15) is 4.99 Å². The number of nitrogens with zero attached hydrogens (tertiary/aromatic N) is 3. The van der Waals surface area contributed by atoms with Crippen LogP contribution in [0.15, 0.2) is 35.3 Å². The minimum atomic E-state index is -0.0532. The Hall–Kier alpha value is -2.12. The van der Waals surface area contributed by atoms with Crippen molar-refractivity contribution in [1.29, 1.82) is 5.41 Å². The normalized spacial score (nSPS) is 17.2. The van der Waals surface area contributed by atoms with E-state index in [1.165, 1.54) is 61.8 Å². The lowest BCUT2D eigenvalue weighted by atomic mass is 9.88. The molecule has 1 heterocycles. The molecule has 1 saturated heterocycles. The number of guanidine groups is 2. The molecule has 2 atom stereocenters. The molecule has 0 radical (unpaired) electrons. The van der Waals surface area contributed by atoms with Crippen LogP contribution >= 0.6 is 0 Å². The number of hydrogen-bond donors (Lipinski definition) is 4. The van der Waals surface area contributed by atoms with Crippen molar-refractivity contribution in [2.75, 3.05) is 45.8 Å². The maximum absolute atomic E-state index is 8.49. The first-order chi connectivity index (χ1) is 15.9. The number of nitrogens with one attached hydrogen (secondary N) is 1.